The van der Waals surface area contributed by atoms with Crippen LogP contribution in [-0.2, 0) is 14.3 Å². The first-order chi connectivity index (χ1) is 14.1. The second-order valence-electron chi connectivity index (χ2n) is 8.47. The number of ketones is 1. The van der Waals surface area contributed by atoms with Gasteiger partial charge in [0.25, 0.3) is 0 Å². The molecule has 172 valence electrons. The zero-order valence-electron chi connectivity index (χ0n) is 20.4. The van der Waals surface area contributed by atoms with E-state index in [4.69, 9.17) is 4.74 Å². The number of nitrogens with zero attached hydrogens (tertiary/aromatic N) is 1. The number of rotatable bonds is 16. The van der Waals surface area contributed by atoms with E-state index in [0.717, 1.165) is 38.0 Å². The van der Waals surface area contributed by atoms with E-state index in [1.54, 1.807) is 19.9 Å². The fraction of sp³-hybridized carbons (Fsp3) is 0.680. The molecule has 1 N–H and O–H groups in total. The lowest BCUT2D eigenvalue weighted by atomic mass is 9.85. The van der Waals surface area contributed by atoms with Crippen molar-refractivity contribution in [3.8, 4) is 0 Å². The second kappa shape index (κ2) is 15.0. The van der Waals surface area contributed by atoms with Crippen molar-refractivity contribution in [3.63, 3.8) is 0 Å². The van der Waals surface area contributed by atoms with Gasteiger partial charge in [-0.1, -0.05) is 38.2 Å². The van der Waals surface area contributed by atoms with E-state index in [-0.39, 0.29) is 11.7 Å². The Morgan fingerprint density at radius 2 is 1.67 bits per heavy atom. The molecule has 0 aliphatic carbocycles. The average molecular weight is 421 g/mol. The predicted octanol–water partition coefficient (Wildman–Crippen LogP) is 5.04. The number of nitrogens with one attached hydrogen (secondary N) is 1. The van der Waals surface area contributed by atoms with E-state index in [1.165, 1.54) is 0 Å². The van der Waals surface area contributed by atoms with Crippen molar-refractivity contribution < 1.29 is 14.3 Å². The fourth-order valence-electron chi connectivity index (χ4n) is 3.42. The van der Waals surface area contributed by atoms with Gasteiger partial charge < -0.3 is 15.0 Å². The van der Waals surface area contributed by atoms with E-state index < -0.39 is 5.41 Å². The Kier molecular flexibility index (Phi) is 14.1. The van der Waals surface area contributed by atoms with Gasteiger partial charge in [0, 0.05) is 30.5 Å². The molecule has 0 atom stereocenters. The summed E-state index contributed by atoms with van der Waals surface area (Å²) in [5.74, 6) is 0.754. The maximum Gasteiger partial charge on any atom is 0.221 e. The van der Waals surface area contributed by atoms with Gasteiger partial charge in [0.05, 0.1) is 6.61 Å². The van der Waals surface area contributed by atoms with E-state index in [1.807, 2.05) is 20.8 Å². The highest BCUT2D eigenvalue weighted by Crippen LogP contribution is 2.33. The van der Waals surface area contributed by atoms with Gasteiger partial charge in [-0.15, -0.1) is 0 Å². The Morgan fingerprint density at radius 1 is 1.07 bits per heavy atom. The molecule has 0 aromatic rings. The van der Waals surface area contributed by atoms with Crippen LogP contribution in [0.2, 0.25) is 0 Å². The largest absolute Gasteiger partial charge is 0.497 e. The molecule has 0 spiro atoms. The molecule has 0 saturated carbocycles. The third-order valence-corrected chi connectivity index (χ3v) is 4.99. The number of ether oxygens (including phenoxy) is 1. The van der Waals surface area contributed by atoms with Crippen LogP contribution < -0.4 is 5.32 Å². The van der Waals surface area contributed by atoms with Gasteiger partial charge >= 0.3 is 0 Å². The zero-order chi connectivity index (χ0) is 23.2. The van der Waals surface area contributed by atoms with E-state index in [9.17, 15) is 9.59 Å². The standard InChI is InChI=1S/C25H44N2O3/c1-9-15-27(16-10-2)17-13-23(29)26-14-12-18-30-24(21(5)22(6)28)25(7,8)19-20(4)11-3/h11,19H,3,9-10,12-18H2,1-2,4-8H3,(H,26,29)/b20-19+,24-21+. The first-order valence-electron chi connectivity index (χ1n) is 11.2. The minimum absolute atomic E-state index is 0.000235. The Balaban J connectivity index is 4.64. The molecule has 0 radical (unpaired) electrons. The number of amides is 1. The van der Waals surface area contributed by atoms with E-state index in [2.05, 4.69) is 36.7 Å². The lowest BCUT2D eigenvalue weighted by molar-refractivity contribution is -0.121. The van der Waals surface area contributed by atoms with E-state index >= 15 is 0 Å². The van der Waals surface area contributed by atoms with Crippen LogP contribution in [0.3, 0.4) is 0 Å². The minimum Gasteiger partial charge on any atom is -0.497 e. The van der Waals surface area contributed by atoms with Crippen LogP contribution in [0.15, 0.2) is 35.6 Å². The molecule has 0 aromatic heterocycles. The summed E-state index contributed by atoms with van der Waals surface area (Å²) in [6.07, 6.45) is 7.27. The Labute approximate surface area is 184 Å². The quantitative estimate of drug-likeness (QED) is 0.164. The first kappa shape index (κ1) is 28.1. The van der Waals surface area contributed by atoms with Gasteiger partial charge in [-0.25, -0.2) is 0 Å². The summed E-state index contributed by atoms with van der Waals surface area (Å²) in [4.78, 5) is 26.4. The highest BCUT2D eigenvalue weighted by Gasteiger charge is 2.26. The first-order valence-corrected chi connectivity index (χ1v) is 11.2. The Hall–Kier alpha value is -1.88. The molecule has 1 amide bonds. The van der Waals surface area contributed by atoms with Gasteiger partial charge in [-0.3, -0.25) is 9.59 Å². The topological polar surface area (TPSA) is 58.6 Å². The summed E-state index contributed by atoms with van der Waals surface area (Å²) in [6.45, 7) is 21.4. The van der Waals surface area contributed by atoms with Gasteiger partial charge in [-0.05, 0) is 67.0 Å². The van der Waals surface area contributed by atoms with Crippen LogP contribution in [0.1, 0.15) is 74.1 Å². The fourth-order valence-corrected chi connectivity index (χ4v) is 3.42. The molecule has 0 saturated heterocycles. The molecule has 0 bridgehead atoms. The minimum atomic E-state index is -0.417. The van der Waals surface area contributed by atoms with Crippen molar-refractivity contribution in [1.82, 2.24) is 10.2 Å². The molecule has 0 heterocycles. The smallest absolute Gasteiger partial charge is 0.221 e. The highest BCUT2D eigenvalue weighted by atomic mass is 16.5. The zero-order valence-corrected chi connectivity index (χ0v) is 20.4. The number of hydrogen-bond acceptors (Lipinski definition) is 4. The molecule has 0 fully saturated rings. The number of allylic oxidation sites excluding steroid dienone is 4. The van der Waals surface area contributed by atoms with Crippen LogP contribution in [-0.4, -0.2) is 49.4 Å². The normalized spacial score (nSPS) is 13.1. The van der Waals surface area contributed by atoms with Crippen LogP contribution in [0.5, 0.6) is 0 Å². The molecular weight excluding hydrogens is 376 g/mol. The van der Waals surface area contributed by atoms with Crippen molar-refractivity contribution in [2.24, 2.45) is 5.41 Å². The van der Waals surface area contributed by atoms with Crippen LogP contribution in [0.4, 0.5) is 0 Å². The second-order valence-corrected chi connectivity index (χ2v) is 8.47. The molecule has 0 unspecified atom stereocenters. The van der Waals surface area contributed by atoms with Gasteiger partial charge in [0.1, 0.15) is 5.76 Å². The molecule has 0 rings (SSSR count). The average Bonchev–Trinajstić information content (AvgIpc) is 2.67. The third kappa shape index (κ3) is 11.3. The van der Waals surface area contributed by atoms with Gasteiger partial charge in [0.15, 0.2) is 5.78 Å². The molecule has 0 aliphatic rings. The Bertz CT molecular complexity index is 612. The summed E-state index contributed by atoms with van der Waals surface area (Å²) < 4.78 is 6.04. The van der Waals surface area contributed by atoms with Gasteiger partial charge in [0.2, 0.25) is 5.91 Å². The van der Waals surface area contributed by atoms with Gasteiger partial charge in [-0.2, -0.15) is 0 Å². The van der Waals surface area contributed by atoms with Crippen molar-refractivity contribution in [3.05, 3.63) is 35.6 Å². The van der Waals surface area contributed by atoms with E-state index in [0.29, 0.717) is 37.3 Å². The van der Waals surface area contributed by atoms with Crippen molar-refractivity contribution >= 4 is 11.7 Å². The molecule has 30 heavy (non-hydrogen) atoms. The number of hydrogen-bond donors (Lipinski definition) is 1. The van der Waals surface area contributed by atoms with Crippen molar-refractivity contribution in [2.45, 2.75) is 74.1 Å². The van der Waals surface area contributed by atoms with Crippen LogP contribution >= 0.6 is 0 Å². The summed E-state index contributed by atoms with van der Waals surface area (Å²) in [5.41, 5.74) is 1.24. The maximum atomic E-state index is 12.1. The number of carbonyl (C=O) groups excluding carboxylic acids is 2. The lowest BCUT2D eigenvalue weighted by Gasteiger charge is -2.27. The predicted molar refractivity (Wildman–Crippen MR) is 126 cm³/mol. The van der Waals surface area contributed by atoms with Crippen LogP contribution in [0, 0.1) is 5.41 Å². The lowest BCUT2D eigenvalue weighted by Crippen LogP contribution is -2.32. The monoisotopic (exact) mass is 420 g/mol. The number of Topliss-reactive ketones (excluding diaryl/α,β-unsaturated/α-hetero) is 1. The van der Waals surface area contributed by atoms with Crippen molar-refractivity contribution in [1.29, 1.82) is 0 Å². The molecule has 0 aromatic carbocycles. The summed E-state index contributed by atoms with van der Waals surface area (Å²) in [7, 11) is 0. The maximum absolute atomic E-state index is 12.1. The highest BCUT2D eigenvalue weighted by molar-refractivity contribution is 5.93. The summed E-state index contributed by atoms with van der Waals surface area (Å²) in [6, 6.07) is 0. The molecule has 5 heteroatoms. The SMILES string of the molecule is C=C/C(C)=C/C(C)(C)/C(OCCCNC(=O)CCN(CCC)CCC)=C(/C)C(C)=O. The third-order valence-electron chi connectivity index (χ3n) is 4.99. The molecular formula is C25H44N2O3. The van der Waals surface area contributed by atoms with Crippen LogP contribution in [0.25, 0.3) is 0 Å². The Morgan fingerprint density at radius 3 is 2.17 bits per heavy atom. The number of carbonyl (C=O) groups is 2. The summed E-state index contributed by atoms with van der Waals surface area (Å²) in [5, 5.41) is 2.97. The molecule has 5 nitrogen and oxygen atoms in total. The molecule has 0 aliphatic heterocycles. The summed E-state index contributed by atoms with van der Waals surface area (Å²) >= 11 is 0. The van der Waals surface area contributed by atoms with Crippen molar-refractivity contribution in [2.75, 3.05) is 32.8 Å².